The minimum Gasteiger partial charge on any atom is -0.309 e. The lowest BCUT2D eigenvalue weighted by Crippen LogP contribution is -1.93. The summed E-state index contributed by atoms with van der Waals surface area (Å²) in [4.78, 5) is 0. The highest BCUT2D eigenvalue weighted by Gasteiger charge is 2.16. The van der Waals surface area contributed by atoms with E-state index < -0.39 is 0 Å². The van der Waals surface area contributed by atoms with Gasteiger partial charge in [-0.15, -0.1) is 0 Å². The summed E-state index contributed by atoms with van der Waals surface area (Å²) < 4.78 is 4.78. The van der Waals surface area contributed by atoms with Crippen LogP contribution in [0.5, 0.6) is 0 Å². The predicted molar refractivity (Wildman–Crippen MR) is 229 cm³/mol. The lowest BCUT2D eigenvalue weighted by molar-refractivity contribution is 1.18. The highest BCUT2D eigenvalue weighted by molar-refractivity contribution is 6.12. The van der Waals surface area contributed by atoms with Crippen LogP contribution in [0.3, 0.4) is 0 Å². The zero-order valence-corrected chi connectivity index (χ0v) is 29.5. The van der Waals surface area contributed by atoms with Crippen LogP contribution in [0.25, 0.3) is 99.1 Å². The van der Waals surface area contributed by atoms with Crippen molar-refractivity contribution in [2.45, 2.75) is 0 Å². The molecule has 0 aliphatic heterocycles. The van der Waals surface area contributed by atoms with E-state index in [0.29, 0.717) is 0 Å². The molecule has 0 saturated heterocycles. The first-order chi connectivity index (χ1) is 26.8. The molecular formula is C52H34N2. The third-order valence-electron chi connectivity index (χ3n) is 11.1. The molecule has 2 heteroatoms. The van der Waals surface area contributed by atoms with Crippen molar-refractivity contribution >= 4 is 54.4 Å². The first kappa shape index (κ1) is 30.5. The molecule has 0 saturated carbocycles. The Balaban J connectivity index is 0.997. The maximum Gasteiger partial charge on any atom is 0.0547 e. The Kier molecular flexibility index (Phi) is 6.90. The van der Waals surface area contributed by atoms with Gasteiger partial charge in [-0.25, -0.2) is 0 Å². The molecule has 0 unspecified atom stereocenters. The summed E-state index contributed by atoms with van der Waals surface area (Å²) in [6.07, 6.45) is 0. The first-order valence-corrected chi connectivity index (χ1v) is 18.6. The lowest BCUT2D eigenvalue weighted by Gasteiger charge is -2.10. The molecule has 0 radical (unpaired) electrons. The Bertz CT molecular complexity index is 3180. The minimum atomic E-state index is 1.16. The van der Waals surface area contributed by atoms with E-state index in [1.165, 1.54) is 93.5 Å². The van der Waals surface area contributed by atoms with E-state index in [1.807, 2.05) is 0 Å². The van der Waals surface area contributed by atoms with Gasteiger partial charge in [0.05, 0.1) is 22.1 Å². The van der Waals surface area contributed by atoms with Gasteiger partial charge in [0.1, 0.15) is 0 Å². The third-order valence-corrected chi connectivity index (χ3v) is 11.1. The molecule has 2 nitrogen and oxygen atoms in total. The molecule has 2 aromatic heterocycles. The fraction of sp³-hybridized carbons (Fsp3) is 0. The van der Waals surface area contributed by atoms with Gasteiger partial charge in [0.25, 0.3) is 0 Å². The maximum atomic E-state index is 2.41. The number of aromatic nitrogens is 2. The molecular weight excluding hydrogens is 653 g/mol. The number of fused-ring (bicyclic) bond motifs is 7. The quantitative estimate of drug-likeness (QED) is 0.171. The van der Waals surface area contributed by atoms with Gasteiger partial charge in [0.2, 0.25) is 0 Å². The number of nitrogens with zero attached hydrogens (tertiary/aromatic N) is 2. The van der Waals surface area contributed by atoms with E-state index >= 15 is 0 Å². The minimum absolute atomic E-state index is 1.16. The number of hydrogen-bond acceptors (Lipinski definition) is 0. The van der Waals surface area contributed by atoms with Crippen LogP contribution in [-0.2, 0) is 0 Å². The predicted octanol–water partition coefficient (Wildman–Crippen LogP) is 14.0. The van der Waals surface area contributed by atoms with Crippen molar-refractivity contribution in [3.05, 3.63) is 206 Å². The molecule has 9 aromatic carbocycles. The van der Waals surface area contributed by atoms with Crippen LogP contribution in [0.1, 0.15) is 0 Å². The maximum absolute atomic E-state index is 2.41. The molecule has 0 spiro atoms. The Hall–Kier alpha value is -7.16. The van der Waals surface area contributed by atoms with Gasteiger partial charge < -0.3 is 9.13 Å². The number of benzene rings is 9. The molecule has 0 fully saturated rings. The van der Waals surface area contributed by atoms with Crippen molar-refractivity contribution < 1.29 is 0 Å². The zero-order chi connectivity index (χ0) is 35.6. The number of para-hydroxylation sites is 3. The van der Waals surface area contributed by atoms with E-state index in [2.05, 4.69) is 215 Å². The van der Waals surface area contributed by atoms with E-state index in [9.17, 15) is 0 Å². The summed E-state index contributed by atoms with van der Waals surface area (Å²) in [5.74, 6) is 0. The van der Waals surface area contributed by atoms with E-state index in [4.69, 9.17) is 0 Å². The Labute approximate surface area is 313 Å². The van der Waals surface area contributed by atoms with Gasteiger partial charge in [-0.1, -0.05) is 140 Å². The van der Waals surface area contributed by atoms with Crippen molar-refractivity contribution in [1.82, 2.24) is 9.13 Å². The van der Waals surface area contributed by atoms with Crippen LogP contribution >= 0.6 is 0 Å². The summed E-state index contributed by atoms with van der Waals surface area (Å²) in [6.45, 7) is 0. The second-order valence-electron chi connectivity index (χ2n) is 14.2. The van der Waals surface area contributed by atoms with Crippen molar-refractivity contribution in [2.24, 2.45) is 0 Å². The Morgan fingerprint density at radius 2 is 0.648 bits per heavy atom. The third kappa shape index (κ3) is 4.88. The van der Waals surface area contributed by atoms with Gasteiger partial charge in [0.15, 0.2) is 0 Å². The van der Waals surface area contributed by atoms with Crippen molar-refractivity contribution in [3.63, 3.8) is 0 Å². The summed E-state index contributed by atoms with van der Waals surface area (Å²) in [6, 6.07) is 75.2. The normalized spacial score (nSPS) is 11.7. The van der Waals surface area contributed by atoms with Gasteiger partial charge >= 0.3 is 0 Å². The SMILES string of the molecule is c1ccc(-n2c3ccccc3c3cc(-c4ccc(-c5ccc6c(c5)c5ccc(-c7ccc8ccccc8c7)cc5n6-c5ccccc5)cc4)ccc32)cc1. The second kappa shape index (κ2) is 12.2. The van der Waals surface area contributed by atoms with Gasteiger partial charge in [-0.05, 0) is 111 Å². The summed E-state index contributed by atoms with van der Waals surface area (Å²) >= 11 is 0. The highest BCUT2D eigenvalue weighted by Crippen LogP contribution is 2.39. The number of rotatable bonds is 5. The molecule has 0 aliphatic rings. The molecule has 0 aliphatic carbocycles. The standard InChI is InChI=1S/C52H34N2/c1-3-13-43(14-4-1)53-49-18-10-9-17-45(49)47-32-40(26-29-50(47)53)36-19-21-37(22-20-36)41-27-30-51-48(33-41)46-28-25-42(34-52(46)54(51)44-15-5-2-6-16-44)39-24-23-35-11-7-8-12-38(35)31-39/h1-34H. The fourth-order valence-electron chi connectivity index (χ4n) is 8.47. The van der Waals surface area contributed by atoms with Crippen LogP contribution in [0, 0.1) is 0 Å². The topological polar surface area (TPSA) is 9.86 Å². The highest BCUT2D eigenvalue weighted by atomic mass is 15.0. The van der Waals surface area contributed by atoms with E-state index in [0.717, 1.165) is 5.69 Å². The van der Waals surface area contributed by atoms with Crippen molar-refractivity contribution in [1.29, 1.82) is 0 Å². The smallest absolute Gasteiger partial charge is 0.0547 e. The van der Waals surface area contributed by atoms with Crippen LogP contribution in [0.2, 0.25) is 0 Å². The Morgan fingerprint density at radius 1 is 0.222 bits per heavy atom. The molecule has 0 atom stereocenters. The summed E-state index contributed by atoms with van der Waals surface area (Å²) in [5, 5.41) is 7.54. The molecule has 0 N–H and O–H groups in total. The lowest BCUT2D eigenvalue weighted by atomic mass is 9.97. The zero-order valence-electron chi connectivity index (χ0n) is 29.5. The van der Waals surface area contributed by atoms with E-state index in [1.54, 1.807) is 0 Å². The van der Waals surface area contributed by atoms with Crippen molar-refractivity contribution in [3.8, 4) is 44.8 Å². The molecule has 11 rings (SSSR count). The van der Waals surface area contributed by atoms with Gasteiger partial charge in [0, 0.05) is 32.9 Å². The average Bonchev–Trinajstić information content (AvgIpc) is 3.76. The molecule has 0 bridgehead atoms. The second-order valence-corrected chi connectivity index (χ2v) is 14.2. The van der Waals surface area contributed by atoms with Crippen LogP contribution in [0.4, 0.5) is 0 Å². The van der Waals surface area contributed by atoms with Crippen LogP contribution < -0.4 is 0 Å². The summed E-state index contributed by atoms with van der Waals surface area (Å²) in [5.41, 5.74) is 14.5. The largest absolute Gasteiger partial charge is 0.309 e. The Morgan fingerprint density at radius 3 is 1.30 bits per heavy atom. The molecule has 11 aromatic rings. The van der Waals surface area contributed by atoms with E-state index in [-0.39, 0.29) is 0 Å². The van der Waals surface area contributed by atoms with Gasteiger partial charge in [-0.2, -0.15) is 0 Å². The molecule has 0 amide bonds. The molecule has 54 heavy (non-hydrogen) atoms. The molecule has 252 valence electrons. The van der Waals surface area contributed by atoms with Crippen molar-refractivity contribution in [2.75, 3.05) is 0 Å². The van der Waals surface area contributed by atoms with Crippen LogP contribution in [-0.4, -0.2) is 9.13 Å². The fourth-order valence-corrected chi connectivity index (χ4v) is 8.47. The first-order valence-electron chi connectivity index (χ1n) is 18.6. The van der Waals surface area contributed by atoms with Gasteiger partial charge in [-0.3, -0.25) is 0 Å². The monoisotopic (exact) mass is 686 g/mol. The average molecular weight is 687 g/mol. The number of hydrogen-bond donors (Lipinski definition) is 0. The van der Waals surface area contributed by atoms with Crippen LogP contribution in [0.15, 0.2) is 206 Å². The summed E-state index contributed by atoms with van der Waals surface area (Å²) in [7, 11) is 0. The molecule has 2 heterocycles.